The summed E-state index contributed by atoms with van der Waals surface area (Å²) in [5.41, 5.74) is 2.05. The normalized spacial score (nSPS) is 10.5. The van der Waals surface area contributed by atoms with Crippen LogP contribution in [0.15, 0.2) is 60.0 Å². The molecule has 3 aromatic rings. The molecule has 2 amide bonds. The van der Waals surface area contributed by atoms with Crippen LogP contribution in [-0.4, -0.2) is 17.6 Å². The predicted octanol–water partition coefficient (Wildman–Crippen LogP) is 6.18. The fourth-order valence-corrected chi connectivity index (χ4v) is 4.57. The molecule has 28 heavy (non-hydrogen) atoms. The molecule has 0 saturated carbocycles. The average Bonchev–Trinajstić information content (AvgIpc) is 3.19. The molecule has 0 saturated heterocycles. The lowest BCUT2D eigenvalue weighted by molar-refractivity contribution is -0.113. The van der Waals surface area contributed by atoms with E-state index in [1.807, 2.05) is 11.4 Å². The summed E-state index contributed by atoms with van der Waals surface area (Å²) >= 11 is 15.1. The molecule has 3 rings (SSSR count). The number of anilines is 2. The Morgan fingerprint density at radius 2 is 1.61 bits per heavy atom. The van der Waals surface area contributed by atoms with E-state index in [0.717, 1.165) is 5.56 Å². The van der Waals surface area contributed by atoms with Crippen LogP contribution >= 0.6 is 46.3 Å². The van der Waals surface area contributed by atoms with Gasteiger partial charge >= 0.3 is 0 Å². The van der Waals surface area contributed by atoms with Gasteiger partial charge in [0.25, 0.3) is 5.91 Å². The quantitative estimate of drug-likeness (QED) is 0.451. The van der Waals surface area contributed by atoms with Crippen LogP contribution in [0.25, 0.3) is 0 Å². The highest BCUT2D eigenvalue weighted by molar-refractivity contribution is 7.99. The van der Waals surface area contributed by atoms with E-state index >= 15 is 0 Å². The third-order valence-corrected chi connectivity index (χ3v) is 6.23. The van der Waals surface area contributed by atoms with Gasteiger partial charge < -0.3 is 10.6 Å². The van der Waals surface area contributed by atoms with Crippen molar-refractivity contribution in [2.45, 2.75) is 5.75 Å². The molecule has 0 atom stereocenters. The summed E-state index contributed by atoms with van der Waals surface area (Å²) in [6.45, 7) is 0. The SMILES string of the molecule is O=C(CSCc1c(Cl)cccc1Cl)Nc1cccc(NC(=O)c2cccs2)c1. The van der Waals surface area contributed by atoms with Gasteiger partial charge in [0.05, 0.1) is 10.6 Å². The van der Waals surface area contributed by atoms with Crippen LogP contribution in [0.5, 0.6) is 0 Å². The molecule has 144 valence electrons. The van der Waals surface area contributed by atoms with Gasteiger partial charge in [-0.25, -0.2) is 0 Å². The van der Waals surface area contributed by atoms with Crippen molar-refractivity contribution in [1.29, 1.82) is 0 Å². The number of hydrogen-bond acceptors (Lipinski definition) is 4. The molecule has 4 nitrogen and oxygen atoms in total. The Balaban J connectivity index is 1.52. The molecule has 0 aliphatic heterocycles. The fourth-order valence-electron chi connectivity index (χ4n) is 2.39. The van der Waals surface area contributed by atoms with Crippen LogP contribution in [-0.2, 0) is 10.5 Å². The summed E-state index contributed by atoms with van der Waals surface area (Å²) in [7, 11) is 0. The number of amides is 2. The lowest BCUT2D eigenvalue weighted by Crippen LogP contribution is -2.15. The smallest absolute Gasteiger partial charge is 0.265 e. The summed E-state index contributed by atoms with van der Waals surface area (Å²) in [5.74, 6) is 0.483. The predicted molar refractivity (Wildman–Crippen MR) is 120 cm³/mol. The highest BCUT2D eigenvalue weighted by Gasteiger charge is 2.10. The minimum absolute atomic E-state index is 0.144. The van der Waals surface area contributed by atoms with Gasteiger partial charge in [0.15, 0.2) is 0 Å². The first-order chi connectivity index (χ1) is 13.5. The van der Waals surface area contributed by atoms with Crippen LogP contribution < -0.4 is 10.6 Å². The maximum Gasteiger partial charge on any atom is 0.265 e. The number of nitrogens with one attached hydrogen (secondary N) is 2. The zero-order chi connectivity index (χ0) is 19.9. The van der Waals surface area contributed by atoms with Crippen LogP contribution in [0.3, 0.4) is 0 Å². The third kappa shape index (κ3) is 5.75. The standard InChI is InChI=1S/C20H16Cl2N2O2S2/c21-16-6-2-7-17(22)15(16)11-27-12-19(25)23-13-4-1-5-14(10-13)24-20(26)18-8-3-9-28-18/h1-10H,11-12H2,(H,23,25)(H,24,26). The zero-order valence-electron chi connectivity index (χ0n) is 14.6. The van der Waals surface area contributed by atoms with E-state index in [1.165, 1.54) is 23.1 Å². The molecule has 0 radical (unpaired) electrons. The molecule has 0 bridgehead atoms. The van der Waals surface area contributed by atoms with Gasteiger partial charge in [-0.05, 0) is 47.3 Å². The first-order valence-corrected chi connectivity index (χ1v) is 11.1. The second-order valence-corrected chi connectivity index (χ2v) is 8.50. The molecule has 0 aliphatic carbocycles. The van der Waals surface area contributed by atoms with Crippen LogP contribution in [0, 0.1) is 0 Å². The maximum atomic E-state index is 12.2. The average molecular weight is 451 g/mol. The van der Waals surface area contributed by atoms with E-state index < -0.39 is 0 Å². The number of carbonyl (C=O) groups is 2. The van der Waals surface area contributed by atoms with Gasteiger partial charge in [0, 0.05) is 27.2 Å². The van der Waals surface area contributed by atoms with E-state index in [9.17, 15) is 9.59 Å². The number of rotatable bonds is 7. The molecular formula is C20H16Cl2N2O2S2. The Kier molecular flexibility index (Phi) is 7.39. The van der Waals surface area contributed by atoms with E-state index in [-0.39, 0.29) is 17.6 Å². The Bertz CT molecular complexity index is 958. The van der Waals surface area contributed by atoms with Crippen molar-refractivity contribution in [1.82, 2.24) is 0 Å². The van der Waals surface area contributed by atoms with E-state index in [4.69, 9.17) is 23.2 Å². The van der Waals surface area contributed by atoms with Gasteiger partial charge in [0.1, 0.15) is 0 Å². The molecule has 2 aromatic carbocycles. The first-order valence-electron chi connectivity index (χ1n) is 8.28. The number of thiophene rings is 1. The lowest BCUT2D eigenvalue weighted by atomic mass is 10.2. The van der Waals surface area contributed by atoms with Crippen LogP contribution in [0.4, 0.5) is 11.4 Å². The molecular weight excluding hydrogens is 435 g/mol. The summed E-state index contributed by atoms with van der Waals surface area (Å²) in [5, 5.41) is 8.68. The molecule has 1 heterocycles. The van der Waals surface area contributed by atoms with Crippen molar-refractivity contribution < 1.29 is 9.59 Å². The van der Waals surface area contributed by atoms with Crippen molar-refractivity contribution in [3.05, 3.63) is 80.5 Å². The maximum absolute atomic E-state index is 12.2. The van der Waals surface area contributed by atoms with Crippen molar-refractivity contribution >= 4 is 69.5 Å². The highest BCUT2D eigenvalue weighted by Crippen LogP contribution is 2.28. The monoisotopic (exact) mass is 450 g/mol. The van der Waals surface area contributed by atoms with Gasteiger partial charge in [-0.15, -0.1) is 23.1 Å². The summed E-state index contributed by atoms with van der Waals surface area (Å²) < 4.78 is 0. The second kappa shape index (κ2) is 9.98. The molecule has 8 heteroatoms. The zero-order valence-corrected chi connectivity index (χ0v) is 17.7. The lowest BCUT2D eigenvalue weighted by Gasteiger charge is -2.09. The highest BCUT2D eigenvalue weighted by atomic mass is 35.5. The summed E-state index contributed by atoms with van der Waals surface area (Å²) in [6.07, 6.45) is 0. The summed E-state index contributed by atoms with van der Waals surface area (Å²) in [6, 6.07) is 16.0. The summed E-state index contributed by atoms with van der Waals surface area (Å²) in [4.78, 5) is 25.0. The number of hydrogen-bond donors (Lipinski definition) is 2. The Labute approximate surface area is 181 Å². The molecule has 0 unspecified atom stereocenters. The minimum Gasteiger partial charge on any atom is -0.325 e. The molecule has 0 spiro atoms. The fraction of sp³-hybridized carbons (Fsp3) is 0.100. The molecule has 0 fully saturated rings. The topological polar surface area (TPSA) is 58.2 Å². The van der Waals surface area contributed by atoms with Crippen LogP contribution in [0.2, 0.25) is 10.0 Å². The van der Waals surface area contributed by atoms with Crippen molar-refractivity contribution in [3.63, 3.8) is 0 Å². The van der Waals surface area contributed by atoms with Gasteiger partial charge in [-0.3, -0.25) is 9.59 Å². The molecule has 1 aromatic heterocycles. The Morgan fingerprint density at radius 3 is 2.29 bits per heavy atom. The second-order valence-electron chi connectivity index (χ2n) is 5.75. The van der Waals surface area contributed by atoms with Gasteiger partial charge in [-0.2, -0.15) is 0 Å². The number of carbonyl (C=O) groups excluding carboxylic acids is 2. The molecule has 2 N–H and O–H groups in total. The number of halogens is 2. The Morgan fingerprint density at radius 1 is 0.929 bits per heavy atom. The Hall–Kier alpha value is -1.99. The largest absolute Gasteiger partial charge is 0.325 e. The van der Waals surface area contributed by atoms with E-state index in [0.29, 0.717) is 32.1 Å². The van der Waals surface area contributed by atoms with E-state index in [2.05, 4.69) is 10.6 Å². The third-order valence-electron chi connectivity index (χ3n) is 3.69. The van der Waals surface area contributed by atoms with Crippen molar-refractivity contribution in [2.75, 3.05) is 16.4 Å². The minimum atomic E-state index is -0.175. The number of thioether (sulfide) groups is 1. The van der Waals surface area contributed by atoms with E-state index in [1.54, 1.807) is 48.5 Å². The van der Waals surface area contributed by atoms with Crippen molar-refractivity contribution in [3.8, 4) is 0 Å². The molecule has 0 aliphatic rings. The van der Waals surface area contributed by atoms with Gasteiger partial charge in [-0.1, -0.05) is 41.4 Å². The number of benzene rings is 2. The first kappa shape index (κ1) is 20.7. The van der Waals surface area contributed by atoms with Gasteiger partial charge in [0.2, 0.25) is 5.91 Å². The van der Waals surface area contributed by atoms with Crippen LogP contribution in [0.1, 0.15) is 15.2 Å². The van der Waals surface area contributed by atoms with Crippen molar-refractivity contribution in [2.24, 2.45) is 0 Å².